The first-order chi connectivity index (χ1) is 14.4. The summed E-state index contributed by atoms with van der Waals surface area (Å²) in [7, 11) is 0. The van der Waals surface area contributed by atoms with E-state index in [0.29, 0.717) is 12.8 Å². The van der Waals surface area contributed by atoms with Gasteiger partial charge in [0.25, 0.3) is 0 Å². The summed E-state index contributed by atoms with van der Waals surface area (Å²) < 4.78 is 0. The molecule has 1 fully saturated rings. The summed E-state index contributed by atoms with van der Waals surface area (Å²) in [5, 5.41) is 32.3. The molecule has 0 aliphatic carbocycles. The second-order valence-corrected chi connectivity index (χ2v) is 8.02. The van der Waals surface area contributed by atoms with Crippen molar-refractivity contribution >= 4 is 29.7 Å². The van der Waals surface area contributed by atoms with Crippen LogP contribution in [-0.4, -0.2) is 86.7 Å². The number of aliphatic hydroxyl groups is 1. The third-order valence-electron chi connectivity index (χ3n) is 5.15. The van der Waals surface area contributed by atoms with Crippen LogP contribution in [0.5, 0.6) is 0 Å². The fourth-order valence-corrected chi connectivity index (χ4v) is 3.26. The molecule has 0 spiro atoms. The van der Waals surface area contributed by atoms with Crippen LogP contribution in [0.15, 0.2) is 0 Å². The number of carbonyl (C=O) groups is 5. The van der Waals surface area contributed by atoms with Gasteiger partial charge in [-0.25, -0.2) is 4.79 Å². The molecule has 1 aliphatic heterocycles. The Morgan fingerprint density at radius 3 is 2.19 bits per heavy atom. The van der Waals surface area contributed by atoms with Crippen molar-refractivity contribution < 1.29 is 39.3 Å². The number of rotatable bonds is 11. The Kier molecular flexibility index (Phi) is 9.85. The van der Waals surface area contributed by atoms with Gasteiger partial charge in [-0.3, -0.25) is 19.2 Å². The molecular formula is C19H32N4O8. The van der Waals surface area contributed by atoms with E-state index in [9.17, 15) is 34.2 Å². The van der Waals surface area contributed by atoms with Crippen molar-refractivity contribution in [2.45, 2.75) is 76.7 Å². The van der Waals surface area contributed by atoms with Crippen LogP contribution in [0.3, 0.4) is 0 Å². The fraction of sp³-hybridized carbons (Fsp3) is 0.737. The zero-order chi connectivity index (χ0) is 23.9. The van der Waals surface area contributed by atoms with E-state index < -0.39 is 66.4 Å². The average Bonchev–Trinajstić information content (AvgIpc) is 3.16. The molecule has 176 valence electrons. The number of carboxylic acids is 2. The highest BCUT2D eigenvalue weighted by molar-refractivity contribution is 5.94. The number of aliphatic carboxylic acids is 2. The maximum atomic E-state index is 13.1. The fourth-order valence-electron chi connectivity index (χ4n) is 3.26. The zero-order valence-electron chi connectivity index (χ0n) is 17.9. The second kappa shape index (κ2) is 11.6. The maximum Gasteiger partial charge on any atom is 0.326 e. The van der Waals surface area contributed by atoms with E-state index in [4.69, 9.17) is 10.8 Å². The van der Waals surface area contributed by atoms with Crippen molar-refractivity contribution in [1.82, 2.24) is 15.5 Å². The van der Waals surface area contributed by atoms with Crippen LogP contribution in [0.2, 0.25) is 0 Å². The number of nitrogens with two attached hydrogens (primary N) is 1. The standard InChI is InChI=1S/C19H32N4O8/c1-9(2)15(22-17(28)14(20)10(3)24)18(29)23-8-4-5-12(23)16(27)21-11(19(30)31)6-7-13(25)26/h9-12,14-15,24H,4-8,20H2,1-3H3,(H,21,27)(H,22,28)(H,25,26)(H,30,31). The Labute approximate surface area is 180 Å². The van der Waals surface area contributed by atoms with Crippen LogP contribution in [0.4, 0.5) is 0 Å². The molecular weight excluding hydrogens is 412 g/mol. The summed E-state index contributed by atoms with van der Waals surface area (Å²) in [6, 6.07) is -4.56. The van der Waals surface area contributed by atoms with Crippen LogP contribution in [-0.2, 0) is 24.0 Å². The minimum atomic E-state index is -1.40. The number of aliphatic hydroxyl groups excluding tert-OH is 1. The summed E-state index contributed by atoms with van der Waals surface area (Å²) >= 11 is 0. The lowest BCUT2D eigenvalue weighted by molar-refractivity contribution is -0.146. The molecule has 5 unspecified atom stereocenters. The summed E-state index contributed by atoms with van der Waals surface area (Å²) in [6.07, 6.45) is -1.04. The van der Waals surface area contributed by atoms with Gasteiger partial charge in [0.2, 0.25) is 17.7 Å². The monoisotopic (exact) mass is 444 g/mol. The Hall–Kier alpha value is -2.73. The minimum Gasteiger partial charge on any atom is -0.481 e. The third-order valence-corrected chi connectivity index (χ3v) is 5.15. The van der Waals surface area contributed by atoms with Crippen LogP contribution < -0.4 is 16.4 Å². The number of nitrogens with one attached hydrogen (secondary N) is 2. The summed E-state index contributed by atoms with van der Waals surface area (Å²) in [4.78, 5) is 61.3. The molecule has 0 aromatic heterocycles. The third kappa shape index (κ3) is 7.47. The van der Waals surface area contributed by atoms with Crippen molar-refractivity contribution in [2.24, 2.45) is 11.7 Å². The first-order valence-electron chi connectivity index (χ1n) is 10.2. The Morgan fingerprint density at radius 2 is 1.71 bits per heavy atom. The van der Waals surface area contributed by atoms with Gasteiger partial charge >= 0.3 is 11.9 Å². The molecule has 7 N–H and O–H groups in total. The molecule has 12 heteroatoms. The van der Waals surface area contributed by atoms with Gasteiger partial charge in [0, 0.05) is 13.0 Å². The Bertz CT molecular complexity index is 696. The highest BCUT2D eigenvalue weighted by Gasteiger charge is 2.40. The van der Waals surface area contributed by atoms with Gasteiger partial charge in [0.05, 0.1) is 6.10 Å². The van der Waals surface area contributed by atoms with Crippen LogP contribution in [0.1, 0.15) is 46.5 Å². The topological polar surface area (TPSA) is 199 Å². The minimum absolute atomic E-state index is 0.241. The number of carbonyl (C=O) groups excluding carboxylic acids is 3. The van der Waals surface area contributed by atoms with E-state index in [1.54, 1.807) is 13.8 Å². The van der Waals surface area contributed by atoms with Gasteiger partial charge in [0.15, 0.2) is 0 Å². The van der Waals surface area contributed by atoms with Crippen molar-refractivity contribution in [3.05, 3.63) is 0 Å². The lowest BCUT2D eigenvalue weighted by Crippen LogP contribution is -2.59. The van der Waals surface area contributed by atoms with Gasteiger partial charge < -0.3 is 36.6 Å². The van der Waals surface area contributed by atoms with E-state index in [0.717, 1.165) is 0 Å². The van der Waals surface area contributed by atoms with E-state index in [1.165, 1.54) is 11.8 Å². The van der Waals surface area contributed by atoms with Gasteiger partial charge in [-0.1, -0.05) is 13.8 Å². The molecule has 0 aromatic carbocycles. The molecule has 5 atom stereocenters. The lowest BCUT2D eigenvalue weighted by Gasteiger charge is -2.31. The van der Waals surface area contributed by atoms with E-state index in [1.807, 2.05) is 0 Å². The summed E-state index contributed by atoms with van der Waals surface area (Å²) in [5.74, 6) is -4.82. The van der Waals surface area contributed by atoms with Crippen molar-refractivity contribution in [1.29, 1.82) is 0 Å². The number of amides is 3. The zero-order valence-corrected chi connectivity index (χ0v) is 17.9. The van der Waals surface area contributed by atoms with Gasteiger partial charge in [-0.15, -0.1) is 0 Å². The largest absolute Gasteiger partial charge is 0.481 e. The molecule has 31 heavy (non-hydrogen) atoms. The average molecular weight is 444 g/mol. The van der Waals surface area contributed by atoms with Gasteiger partial charge in [-0.2, -0.15) is 0 Å². The predicted molar refractivity (Wildman–Crippen MR) is 108 cm³/mol. The number of nitrogens with zero attached hydrogens (tertiary/aromatic N) is 1. The molecule has 0 aromatic rings. The molecule has 1 aliphatic rings. The second-order valence-electron chi connectivity index (χ2n) is 8.02. The first kappa shape index (κ1) is 26.3. The van der Waals surface area contributed by atoms with Gasteiger partial charge in [0.1, 0.15) is 24.2 Å². The molecule has 1 heterocycles. The lowest BCUT2D eigenvalue weighted by atomic mass is 10.0. The first-order valence-corrected chi connectivity index (χ1v) is 10.2. The highest BCUT2D eigenvalue weighted by Crippen LogP contribution is 2.21. The molecule has 3 amide bonds. The Morgan fingerprint density at radius 1 is 1.10 bits per heavy atom. The van der Waals surface area contributed by atoms with Crippen molar-refractivity contribution in [3.63, 3.8) is 0 Å². The van der Waals surface area contributed by atoms with Crippen molar-refractivity contribution in [3.8, 4) is 0 Å². The number of hydrogen-bond acceptors (Lipinski definition) is 7. The summed E-state index contributed by atoms with van der Waals surface area (Å²) in [5.41, 5.74) is 5.62. The smallest absolute Gasteiger partial charge is 0.326 e. The molecule has 1 saturated heterocycles. The molecule has 1 rings (SSSR count). The SMILES string of the molecule is CC(C)C(NC(=O)C(N)C(C)O)C(=O)N1CCCC1C(=O)NC(CCC(=O)O)C(=O)O. The maximum absolute atomic E-state index is 13.1. The molecule has 12 nitrogen and oxygen atoms in total. The molecule has 0 saturated carbocycles. The number of likely N-dealkylation sites (tertiary alicyclic amines) is 1. The van der Waals surface area contributed by atoms with Crippen molar-refractivity contribution in [2.75, 3.05) is 6.54 Å². The summed E-state index contributed by atoms with van der Waals surface area (Å²) in [6.45, 7) is 4.99. The van der Waals surface area contributed by atoms with E-state index in [2.05, 4.69) is 10.6 Å². The number of hydrogen-bond donors (Lipinski definition) is 6. The van der Waals surface area contributed by atoms with Gasteiger partial charge in [-0.05, 0) is 32.1 Å². The molecule has 0 radical (unpaired) electrons. The van der Waals surface area contributed by atoms with Crippen LogP contribution >= 0.6 is 0 Å². The van der Waals surface area contributed by atoms with Crippen LogP contribution in [0, 0.1) is 5.92 Å². The Balaban J connectivity index is 2.92. The highest BCUT2D eigenvalue weighted by atomic mass is 16.4. The van der Waals surface area contributed by atoms with E-state index in [-0.39, 0.29) is 18.9 Å². The van der Waals surface area contributed by atoms with Crippen LogP contribution in [0.25, 0.3) is 0 Å². The normalized spacial score (nSPS) is 19.9. The van der Waals surface area contributed by atoms with E-state index >= 15 is 0 Å². The quantitative estimate of drug-likeness (QED) is 0.214. The molecule has 0 bridgehead atoms. The predicted octanol–water partition coefficient (Wildman–Crippen LogP) is -1.74. The number of carboxylic acid groups (broad SMARTS) is 2.